The monoisotopic (exact) mass is 310 g/mol. The Labute approximate surface area is 120 Å². The van der Waals surface area contributed by atoms with Crippen LogP contribution in [0.15, 0.2) is 40.1 Å². The summed E-state index contributed by atoms with van der Waals surface area (Å²) in [7, 11) is -4.07. The lowest BCUT2D eigenvalue weighted by atomic mass is 10.2. The molecule has 1 aromatic carbocycles. The molecule has 1 aromatic heterocycles. The molecule has 0 saturated heterocycles. The number of hydrogen-bond donors (Lipinski definition) is 2. The average Bonchev–Trinajstić information content (AvgIpc) is 2.91. The molecule has 1 heterocycles. The molecule has 2 aromatic rings. The van der Waals surface area contributed by atoms with Gasteiger partial charge in [0.1, 0.15) is 22.7 Å². The fourth-order valence-electron chi connectivity index (χ4n) is 1.48. The first kappa shape index (κ1) is 15.0. The van der Waals surface area contributed by atoms with E-state index in [0.717, 1.165) is 24.6 Å². The van der Waals surface area contributed by atoms with Gasteiger partial charge in [0.25, 0.3) is 10.0 Å². The molecule has 0 unspecified atom stereocenters. The summed E-state index contributed by atoms with van der Waals surface area (Å²) >= 11 is 0. The second-order valence-electron chi connectivity index (χ2n) is 3.94. The molecular formula is C13H11FN2O4S. The Morgan fingerprint density at radius 3 is 2.86 bits per heavy atom. The summed E-state index contributed by atoms with van der Waals surface area (Å²) in [6.45, 7) is -0.0927. The van der Waals surface area contributed by atoms with Crippen LogP contribution >= 0.6 is 0 Å². The van der Waals surface area contributed by atoms with E-state index in [1.165, 1.54) is 6.07 Å². The third-order valence-electron chi connectivity index (χ3n) is 2.38. The highest BCUT2D eigenvalue weighted by molar-refractivity contribution is 7.92. The van der Waals surface area contributed by atoms with Gasteiger partial charge in [-0.25, -0.2) is 12.8 Å². The number of hydrogen-bond acceptors (Lipinski definition) is 5. The topological polar surface area (TPSA) is 92.4 Å². The van der Waals surface area contributed by atoms with Crippen LogP contribution in [-0.2, 0) is 10.0 Å². The quantitative estimate of drug-likeness (QED) is 0.832. The van der Waals surface area contributed by atoms with Crippen LogP contribution in [0, 0.1) is 17.7 Å². The number of aliphatic hydroxyl groups is 1. The zero-order valence-corrected chi connectivity index (χ0v) is 11.5. The minimum Gasteiger partial charge on any atom is -0.395 e. The van der Waals surface area contributed by atoms with Crippen molar-refractivity contribution in [3.05, 3.63) is 42.0 Å². The smallest absolute Gasteiger partial charge is 0.264 e. The number of sulfonamides is 1. The molecule has 0 aliphatic carbocycles. The molecule has 0 spiro atoms. The molecule has 2 rings (SSSR count). The number of nitrogens with zero attached hydrogens (tertiary/aromatic N) is 1. The van der Waals surface area contributed by atoms with Crippen LogP contribution in [-0.4, -0.2) is 25.3 Å². The molecule has 2 N–H and O–H groups in total. The maximum atomic E-state index is 13.9. The molecule has 0 aliphatic rings. The minimum atomic E-state index is -4.07. The Hall–Kier alpha value is -2.37. The molecule has 0 amide bonds. The number of anilines is 1. The lowest BCUT2D eigenvalue weighted by Gasteiger charge is -2.06. The molecule has 0 fully saturated rings. The molecule has 8 heteroatoms. The lowest BCUT2D eigenvalue weighted by molar-refractivity contribution is 0.305. The van der Waals surface area contributed by atoms with Gasteiger partial charge in [-0.2, -0.15) is 0 Å². The number of benzene rings is 1. The molecule has 110 valence electrons. The van der Waals surface area contributed by atoms with Gasteiger partial charge in [-0.1, -0.05) is 17.0 Å². The molecule has 0 aliphatic heterocycles. The van der Waals surface area contributed by atoms with Crippen molar-refractivity contribution in [2.24, 2.45) is 0 Å². The van der Waals surface area contributed by atoms with Gasteiger partial charge in [0, 0.05) is 12.0 Å². The fourth-order valence-corrected chi connectivity index (χ4v) is 2.57. The fraction of sp³-hybridized carbons (Fsp3) is 0.154. The standard InChI is InChI=1S/C13H11FN2O4S/c14-12-7-10(3-1-2-6-17)4-5-13(12)21(18,19)16-11-8-15-20-9-11/h4-5,7-9,16-17H,2,6H2. The predicted octanol–water partition coefficient (Wildman–Crippen LogP) is 1.35. The predicted molar refractivity (Wildman–Crippen MR) is 72.3 cm³/mol. The van der Waals surface area contributed by atoms with Crippen molar-refractivity contribution in [3.8, 4) is 11.8 Å². The van der Waals surface area contributed by atoms with Crippen LogP contribution in [0.4, 0.5) is 10.1 Å². The van der Waals surface area contributed by atoms with Gasteiger partial charge in [0.15, 0.2) is 0 Å². The summed E-state index contributed by atoms with van der Waals surface area (Å²) in [4.78, 5) is -0.503. The average molecular weight is 310 g/mol. The van der Waals surface area contributed by atoms with E-state index in [9.17, 15) is 12.8 Å². The molecule has 0 saturated carbocycles. The second kappa shape index (κ2) is 6.39. The molecule has 6 nitrogen and oxygen atoms in total. The normalized spacial score (nSPS) is 10.8. The van der Waals surface area contributed by atoms with E-state index in [4.69, 9.17) is 5.11 Å². The van der Waals surface area contributed by atoms with Gasteiger partial charge in [-0.15, -0.1) is 0 Å². The Balaban J connectivity index is 2.26. The highest BCUT2D eigenvalue weighted by Crippen LogP contribution is 2.19. The van der Waals surface area contributed by atoms with Crippen LogP contribution in [0.3, 0.4) is 0 Å². The maximum absolute atomic E-state index is 13.9. The van der Waals surface area contributed by atoms with Gasteiger partial charge in [-0.3, -0.25) is 4.72 Å². The van der Waals surface area contributed by atoms with Crippen molar-refractivity contribution in [1.29, 1.82) is 0 Å². The van der Waals surface area contributed by atoms with Crippen LogP contribution in [0.1, 0.15) is 12.0 Å². The van der Waals surface area contributed by atoms with Crippen molar-refractivity contribution in [1.82, 2.24) is 5.16 Å². The number of aliphatic hydroxyl groups excluding tert-OH is 1. The zero-order valence-electron chi connectivity index (χ0n) is 10.7. The number of aromatic nitrogens is 1. The Kier molecular flexibility index (Phi) is 4.57. The van der Waals surface area contributed by atoms with Crippen molar-refractivity contribution in [3.63, 3.8) is 0 Å². The van der Waals surface area contributed by atoms with Crippen LogP contribution in [0.2, 0.25) is 0 Å². The third kappa shape index (κ3) is 3.81. The first-order valence-corrected chi connectivity index (χ1v) is 7.33. The zero-order chi connectivity index (χ0) is 15.3. The summed E-state index contributed by atoms with van der Waals surface area (Å²) in [6.07, 6.45) is 2.51. The molecule has 0 bridgehead atoms. The third-order valence-corrected chi connectivity index (χ3v) is 3.79. The SMILES string of the molecule is O=S(=O)(Nc1cnoc1)c1ccc(C#CCCO)cc1F. The van der Waals surface area contributed by atoms with Crippen LogP contribution in [0.5, 0.6) is 0 Å². The summed E-state index contributed by atoms with van der Waals surface area (Å²) in [6, 6.07) is 3.52. The molecular weight excluding hydrogens is 299 g/mol. The van der Waals surface area contributed by atoms with Gasteiger partial charge >= 0.3 is 0 Å². The molecule has 0 radical (unpaired) electrons. The van der Waals surface area contributed by atoms with E-state index in [0.29, 0.717) is 5.56 Å². The van der Waals surface area contributed by atoms with Crippen LogP contribution in [0.25, 0.3) is 0 Å². The van der Waals surface area contributed by atoms with E-state index in [-0.39, 0.29) is 18.7 Å². The van der Waals surface area contributed by atoms with Gasteiger partial charge < -0.3 is 9.63 Å². The minimum absolute atomic E-state index is 0.0927. The van der Waals surface area contributed by atoms with E-state index in [1.54, 1.807) is 0 Å². The Morgan fingerprint density at radius 1 is 1.43 bits per heavy atom. The highest BCUT2D eigenvalue weighted by atomic mass is 32.2. The number of rotatable bonds is 4. The Morgan fingerprint density at radius 2 is 2.24 bits per heavy atom. The van der Waals surface area contributed by atoms with Gasteiger partial charge in [0.2, 0.25) is 0 Å². The van der Waals surface area contributed by atoms with Crippen molar-refractivity contribution < 1.29 is 22.4 Å². The summed E-state index contributed by atoms with van der Waals surface area (Å²) in [5.74, 6) is 4.32. The Bertz CT molecular complexity index is 776. The number of nitrogens with one attached hydrogen (secondary N) is 1. The first-order valence-electron chi connectivity index (χ1n) is 5.84. The van der Waals surface area contributed by atoms with Crippen molar-refractivity contribution >= 4 is 15.7 Å². The summed E-state index contributed by atoms with van der Waals surface area (Å²) in [5.41, 5.74) is 0.422. The lowest BCUT2D eigenvalue weighted by Crippen LogP contribution is -2.14. The van der Waals surface area contributed by atoms with Gasteiger partial charge in [-0.05, 0) is 18.2 Å². The summed E-state index contributed by atoms with van der Waals surface area (Å²) < 4.78 is 44.5. The summed E-state index contributed by atoms with van der Waals surface area (Å²) in [5, 5.41) is 11.9. The van der Waals surface area contributed by atoms with Gasteiger partial charge in [0.05, 0.1) is 12.8 Å². The first-order chi connectivity index (χ1) is 10.0. The number of halogens is 1. The van der Waals surface area contributed by atoms with Crippen LogP contribution < -0.4 is 4.72 Å². The largest absolute Gasteiger partial charge is 0.395 e. The maximum Gasteiger partial charge on any atom is 0.264 e. The molecule has 21 heavy (non-hydrogen) atoms. The molecule has 0 atom stereocenters. The van der Waals surface area contributed by atoms with E-state index >= 15 is 0 Å². The highest BCUT2D eigenvalue weighted by Gasteiger charge is 2.19. The van der Waals surface area contributed by atoms with E-state index in [2.05, 4.69) is 26.2 Å². The van der Waals surface area contributed by atoms with E-state index in [1.807, 2.05) is 0 Å². The van der Waals surface area contributed by atoms with E-state index < -0.39 is 20.7 Å². The second-order valence-corrected chi connectivity index (χ2v) is 5.59. The van der Waals surface area contributed by atoms with Crippen molar-refractivity contribution in [2.45, 2.75) is 11.3 Å². The van der Waals surface area contributed by atoms with Crippen molar-refractivity contribution in [2.75, 3.05) is 11.3 Å².